The van der Waals surface area contributed by atoms with Gasteiger partial charge in [0.2, 0.25) is 0 Å². The molecule has 0 aliphatic heterocycles. The Balaban J connectivity index is 1.66. The van der Waals surface area contributed by atoms with Crippen molar-refractivity contribution in [3.63, 3.8) is 0 Å². The standard InChI is InChI=1S/C27H26N4O4/c1-31-17-19(21-9-4-5-10-23(21)31)14-22(27(33)29-16-20-8-6-7-13-28-20)30-26(32)18-11-12-24(34-2)25(15-18)35-3/h4-15,17H,16H2,1-3H3,(H,29,33)(H,30,32)/b22-14-. The molecule has 0 unspecified atom stereocenters. The average molecular weight is 471 g/mol. The third-order valence-electron chi connectivity index (χ3n) is 5.52. The van der Waals surface area contributed by atoms with Crippen LogP contribution in [0.2, 0.25) is 0 Å². The molecule has 35 heavy (non-hydrogen) atoms. The molecule has 0 radical (unpaired) electrons. The Bertz CT molecular complexity index is 1390. The highest BCUT2D eigenvalue weighted by atomic mass is 16.5. The number of carbonyl (C=O) groups excluding carboxylic acids is 2. The number of ether oxygens (including phenoxy) is 2. The lowest BCUT2D eigenvalue weighted by Gasteiger charge is -2.13. The van der Waals surface area contributed by atoms with Gasteiger partial charge in [0.05, 0.1) is 26.5 Å². The quantitative estimate of drug-likeness (QED) is 0.383. The number of nitrogens with zero attached hydrogens (tertiary/aromatic N) is 2. The second-order valence-corrected chi connectivity index (χ2v) is 7.80. The van der Waals surface area contributed by atoms with Gasteiger partial charge in [0.1, 0.15) is 5.70 Å². The van der Waals surface area contributed by atoms with Crippen LogP contribution in [0.3, 0.4) is 0 Å². The first-order chi connectivity index (χ1) is 17.0. The van der Waals surface area contributed by atoms with Crippen LogP contribution in [-0.2, 0) is 18.4 Å². The Morgan fingerprint density at radius 1 is 1.00 bits per heavy atom. The number of hydrogen-bond donors (Lipinski definition) is 2. The number of rotatable bonds is 8. The van der Waals surface area contributed by atoms with E-state index in [9.17, 15) is 9.59 Å². The summed E-state index contributed by atoms with van der Waals surface area (Å²) in [5, 5.41) is 6.56. The molecule has 0 atom stereocenters. The molecule has 2 N–H and O–H groups in total. The lowest BCUT2D eigenvalue weighted by molar-refractivity contribution is -0.117. The molecule has 2 amide bonds. The third kappa shape index (κ3) is 5.33. The Morgan fingerprint density at radius 3 is 2.51 bits per heavy atom. The van der Waals surface area contributed by atoms with Crippen molar-refractivity contribution in [1.82, 2.24) is 20.2 Å². The monoisotopic (exact) mass is 470 g/mol. The van der Waals surface area contributed by atoms with Crippen molar-refractivity contribution in [1.29, 1.82) is 0 Å². The van der Waals surface area contributed by atoms with E-state index in [1.807, 2.05) is 54.2 Å². The highest BCUT2D eigenvalue weighted by Gasteiger charge is 2.18. The first kappa shape index (κ1) is 23.6. The normalized spacial score (nSPS) is 11.2. The fourth-order valence-corrected chi connectivity index (χ4v) is 3.74. The minimum atomic E-state index is -0.453. The molecular formula is C27H26N4O4. The van der Waals surface area contributed by atoms with Gasteiger partial charge in [-0.05, 0) is 42.5 Å². The Hall–Kier alpha value is -4.59. The smallest absolute Gasteiger partial charge is 0.268 e. The van der Waals surface area contributed by atoms with Crippen LogP contribution >= 0.6 is 0 Å². The van der Waals surface area contributed by atoms with Crippen molar-refractivity contribution in [3.05, 3.63) is 95.6 Å². The summed E-state index contributed by atoms with van der Waals surface area (Å²) in [4.78, 5) is 30.5. The molecule has 178 valence electrons. The zero-order valence-corrected chi connectivity index (χ0v) is 19.7. The summed E-state index contributed by atoms with van der Waals surface area (Å²) in [6.07, 6.45) is 5.25. The number of aryl methyl sites for hydroxylation is 1. The minimum Gasteiger partial charge on any atom is -0.493 e. The van der Waals surface area contributed by atoms with Crippen LogP contribution in [0, 0.1) is 0 Å². The van der Waals surface area contributed by atoms with Gasteiger partial charge in [-0.25, -0.2) is 0 Å². The van der Waals surface area contributed by atoms with Gasteiger partial charge in [-0.3, -0.25) is 14.6 Å². The lowest BCUT2D eigenvalue weighted by atomic mass is 10.1. The summed E-state index contributed by atoms with van der Waals surface area (Å²) >= 11 is 0. The SMILES string of the molecule is COc1ccc(C(=O)N/C(=C\c2cn(C)c3ccccc23)C(=O)NCc2ccccn2)cc1OC. The Kier molecular flexibility index (Phi) is 7.11. The van der Waals surface area contributed by atoms with Crippen LogP contribution in [0.1, 0.15) is 21.6 Å². The highest BCUT2D eigenvalue weighted by Crippen LogP contribution is 2.28. The summed E-state index contributed by atoms with van der Waals surface area (Å²) in [6.45, 7) is 0.221. The molecule has 2 heterocycles. The van der Waals surface area contributed by atoms with Gasteiger partial charge in [0.15, 0.2) is 11.5 Å². The number of methoxy groups -OCH3 is 2. The second kappa shape index (κ2) is 10.6. The lowest BCUT2D eigenvalue weighted by Crippen LogP contribution is -2.34. The van der Waals surface area contributed by atoms with Crippen LogP contribution < -0.4 is 20.1 Å². The van der Waals surface area contributed by atoms with Gasteiger partial charge >= 0.3 is 0 Å². The number of aromatic nitrogens is 2. The minimum absolute atomic E-state index is 0.108. The highest BCUT2D eigenvalue weighted by molar-refractivity contribution is 6.06. The maximum Gasteiger partial charge on any atom is 0.268 e. The van der Waals surface area contributed by atoms with Crippen LogP contribution in [0.15, 0.2) is 78.8 Å². The van der Waals surface area contributed by atoms with Crippen molar-refractivity contribution >= 4 is 28.8 Å². The van der Waals surface area contributed by atoms with Crippen molar-refractivity contribution in [2.45, 2.75) is 6.54 Å². The molecule has 8 nitrogen and oxygen atoms in total. The number of hydrogen-bond acceptors (Lipinski definition) is 5. The Labute approximate surface area is 203 Å². The van der Waals surface area contributed by atoms with Crippen molar-refractivity contribution in [3.8, 4) is 11.5 Å². The molecule has 4 aromatic rings. The van der Waals surface area contributed by atoms with Gasteiger partial charge in [-0.2, -0.15) is 0 Å². The summed E-state index contributed by atoms with van der Waals surface area (Å²) in [6, 6.07) is 18.1. The molecule has 0 fully saturated rings. The number of benzene rings is 2. The maximum atomic E-state index is 13.2. The predicted molar refractivity (Wildman–Crippen MR) is 134 cm³/mol. The number of fused-ring (bicyclic) bond motifs is 1. The fraction of sp³-hybridized carbons (Fsp3) is 0.148. The van der Waals surface area contributed by atoms with E-state index in [0.29, 0.717) is 22.8 Å². The molecular weight excluding hydrogens is 444 g/mol. The zero-order chi connectivity index (χ0) is 24.8. The van der Waals surface area contributed by atoms with E-state index in [-0.39, 0.29) is 12.2 Å². The van der Waals surface area contributed by atoms with Crippen molar-refractivity contribution < 1.29 is 19.1 Å². The number of para-hydroxylation sites is 1. The third-order valence-corrected chi connectivity index (χ3v) is 5.52. The summed E-state index contributed by atoms with van der Waals surface area (Å²) in [5.41, 5.74) is 2.95. The van der Waals surface area contributed by atoms with Gasteiger partial charge in [0.25, 0.3) is 11.8 Å². The molecule has 0 aliphatic carbocycles. The molecule has 0 bridgehead atoms. The number of carbonyl (C=O) groups is 2. The van der Waals surface area contributed by atoms with E-state index < -0.39 is 11.8 Å². The van der Waals surface area contributed by atoms with E-state index in [4.69, 9.17) is 9.47 Å². The maximum absolute atomic E-state index is 13.2. The molecule has 4 rings (SSSR count). The first-order valence-electron chi connectivity index (χ1n) is 11.0. The van der Waals surface area contributed by atoms with Crippen molar-refractivity contribution in [2.75, 3.05) is 14.2 Å². The van der Waals surface area contributed by atoms with Crippen LogP contribution in [0.25, 0.3) is 17.0 Å². The van der Waals surface area contributed by atoms with E-state index in [1.165, 1.54) is 14.2 Å². The number of pyridine rings is 1. The second-order valence-electron chi connectivity index (χ2n) is 7.80. The molecule has 2 aromatic heterocycles. The fourth-order valence-electron chi connectivity index (χ4n) is 3.74. The zero-order valence-electron chi connectivity index (χ0n) is 19.7. The van der Waals surface area contributed by atoms with E-state index >= 15 is 0 Å². The van der Waals surface area contributed by atoms with E-state index in [2.05, 4.69) is 15.6 Å². The van der Waals surface area contributed by atoms with Gasteiger partial charge in [-0.1, -0.05) is 24.3 Å². The molecule has 8 heteroatoms. The van der Waals surface area contributed by atoms with Crippen LogP contribution in [0.5, 0.6) is 11.5 Å². The van der Waals surface area contributed by atoms with Crippen LogP contribution in [0.4, 0.5) is 0 Å². The summed E-state index contributed by atoms with van der Waals surface area (Å²) in [5.74, 6) is 0.0332. The summed E-state index contributed by atoms with van der Waals surface area (Å²) < 4.78 is 12.5. The largest absolute Gasteiger partial charge is 0.493 e. The number of amides is 2. The molecule has 2 aromatic carbocycles. The topological polar surface area (TPSA) is 94.5 Å². The van der Waals surface area contributed by atoms with Crippen molar-refractivity contribution in [2.24, 2.45) is 7.05 Å². The van der Waals surface area contributed by atoms with E-state index in [1.54, 1.807) is 36.5 Å². The average Bonchev–Trinajstić information content (AvgIpc) is 3.22. The summed E-state index contributed by atoms with van der Waals surface area (Å²) in [7, 11) is 4.95. The Morgan fingerprint density at radius 2 is 1.77 bits per heavy atom. The number of nitrogens with one attached hydrogen (secondary N) is 2. The van der Waals surface area contributed by atoms with Gasteiger partial charge in [0, 0.05) is 41.5 Å². The molecule has 0 spiro atoms. The van der Waals surface area contributed by atoms with Gasteiger partial charge < -0.3 is 24.7 Å². The van der Waals surface area contributed by atoms with Crippen LogP contribution in [-0.4, -0.2) is 35.6 Å². The molecule has 0 aliphatic rings. The van der Waals surface area contributed by atoms with Gasteiger partial charge in [-0.15, -0.1) is 0 Å². The predicted octanol–water partition coefficient (Wildman–Crippen LogP) is 3.68. The molecule has 0 saturated heterocycles. The molecule has 0 saturated carbocycles. The van der Waals surface area contributed by atoms with E-state index in [0.717, 1.165) is 16.5 Å². The first-order valence-corrected chi connectivity index (χ1v) is 11.0.